The first kappa shape index (κ1) is 19.7. The minimum Gasteiger partial charge on any atom is -0.481 e. The first-order chi connectivity index (χ1) is 10.2. The SMILES string of the molecule is CC/C=C\C/C=C\C/C=C\CC(O)CCCCCC(=O)O. The highest BCUT2D eigenvalue weighted by atomic mass is 16.4. The Morgan fingerprint density at radius 1 is 0.952 bits per heavy atom. The Bertz CT molecular complexity index is 329. The summed E-state index contributed by atoms with van der Waals surface area (Å²) in [5, 5.41) is 18.3. The van der Waals surface area contributed by atoms with Gasteiger partial charge in [0.2, 0.25) is 0 Å². The lowest BCUT2D eigenvalue weighted by Gasteiger charge is -2.06. The predicted molar refractivity (Wildman–Crippen MR) is 88.3 cm³/mol. The van der Waals surface area contributed by atoms with Crippen molar-refractivity contribution in [2.24, 2.45) is 0 Å². The number of allylic oxidation sites excluding steroid dienone is 5. The number of aliphatic hydroxyl groups excluding tert-OH is 1. The van der Waals surface area contributed by atoms with Gasteiger partial charge in [-0.15, -0.1) is 0 Å². The molecule has 1 unspecified atom stereocenters. The summed E-state index contributed by atoms with van der Waals surface area (Å²) in [6.07, 6.45) is 19.5. The van der Waals surface area contributed by atoms with Gasteiger partial charge in [0.05, 0.1) is 6.10 Å². The second-order valence-electron chi connectivity index (χ2n) is 5.18. The Kier molecular flexibility index (Phi) is 14.1. The van der Waals surface area contributed by atoms with Gasteiger partial charge in [0, 0.05) is 6.42 Å². The van der Waals surface area contributed by atoms with E-state index in [0.29, 0.717) is 12.8 Å². The third-order valence-electron chi connectivity index (χ3n) is 3.12. The minimum atomic E-state index is -0.739. The molecule has 3 heteroatoms. The van der Waals surface area contributed by atoms with Crippen molar-refractivity contribution in [2.45, 2.75) is 70.8 Å². The molecule has 3 nitrogen and oxygen atoms in total. The second-order valence-corrected chi connectivity index (χ2v) is 5.18. The Morgan fingerprint density at radius 2 is 1.57 bits per heavy atom. The molecule has 0 aromatic carbocycles. The summed E-state index contributed by atoms with van der Waals surface area (Å²) in [6, 6.07) is 0. The summed E-state index contributed by atoms with van der Waals surface area (Å²) in [7, 11) is 0. The quantitative estimate of drug-likeness (QED) is 0.384. The number of aliphatic carboxylic acids is 1. The fraction of sp³-hybridized carbons (Fsp3) is 0.611. The van der Waals surface area contributed by atoms with Crippen molar-refractivity contribution in [1.82, 2.24) is 0 Å². The van der Waals surface area contributed by atoms with Gasteiger partial charge in [0.25, 0.3) is 0 Å². The zero-order valence-corrected chi connectivity index (χ0v) is 13.2. The van der Waals surface area contributed by atoms with Crippen molar-refractivity contribution >= 4 is 5.97 Å². The van der Waals surface area contributed by atoms with Crippen LogP contribution < -0.4 is 0 Å². The van der Waals surface area contributed by atoms with E-state index >= 15 is 0 Å². The maximum atomic E-state index is 10.3. The molecule has 0 saturated heterocycles. The standard InChI is InChI=1S/C18H30O3/c1-2-3-4-5-6-7-8-9-11-14-17(19)15-12-10-13-16-18(20)21/h3-4,6-7,9,11,17,19H,2,5,8,10,12-16H2,1H3,(H,20,21)/b4-3-,7-6-,11-9-. The summed E-state index contributed by atoms with van der Waals surface area (Å²) in [5.74, 6) is -0.739. The first-order valence-corrected chi connectivity index (χ1v) is 8.01. The maximum Gasteiger partial charge on any atom is 0.303 e. The molecule has 120 valence electrons. The van der Waals surface area contributed by atoms with E-state index in [-0.39, 0.29) is 12.5 Å². The number of carbonyl (C=O) groups is 1. The molecule has 0 aliphatic rings. The Labute approximate surface area is 129 Å². The van der Waals surface area contributed by atoms with Gasteiger partial charge in [0.1, 0.15) is 0 Å². The Balaban J connectivity index is 3.46. The predicted octanol–water partition coefficient (Wildman–Crippen LogP) is 4.63. The van der Waals surface area contributed by atoms with E-state index in [2.05, 4.69) is 37.3 Å². The summed E-state index contributed by atoms with van der Waals surface area (Å²) in [5.41, 5.74) is 0. The van der Waals surface area contributed by atoms with Crippen LogP contribution in [-0.4, -0.2) is 22.3 Å². The minimum absolute atomic E-state index is 0.232. The van der Waals surface area contributed by atoms with E-state index in [4.69, 9.17) is 5.11 Å². The van der Waals surface area contributed by atoms with Gasteiger partial charge in [-0.2, -0.15) is 0 Å². The van der Waals surface area contributed by atoms with Crippen LogP contribution in [0.3, 0.4) is 0 Å². The average molecular weight is 294 g/mol. The molecular formula is C18H30O3. The monoisotopic (exact) mass is 294 g/mol. The highest BCUT2D eigenvalue weighted by Crippen LogP contribution is 2.08. The number of aliphatic hydroxyl groups is 1. The number of hydrogen-bond acceptors (Lipinski definition) is 2. The maximum absolute atomic E-state index is 10.3. The van der Waals surface area contributed by atoms with Crippen molar-refractivity contribution in [3.05, 3.63) is 36.5 Å². The lowest BCUT2D eigenvalue weighted by molar-refractivity contribution is -0.137. The van der Waals surface area contributed by atoms with Crippen LogP contribution >= 0.6 is 0 Å². The zero-order chi connectivity index (χ0) is 15.8. The summed E-state index contributed by atoms with van der Waals surface area (Å²) in [4.78, 5) is 10.3. The summed E-state index contributed by atoms with van der Waals surface area (Å²) in [6.45, 7) is 2.13. The third kappa shape index (κ3) is 16.6. The molecule has 0 rings (SSSR count). The van der Waals surface area contributed by atoms with Gasteiger partial charge < -0.3 is 10.2 Å². The van der Waals surface area contributed by atoms with E-state index < -0.39 is 5.97 Å². The number of unbranched alkanes of at least 4 members (excludes halogenated alkanes) is 2. The van der Waals surface area contributed by atoms with Crippen LogP contribution in [0.1, 0.15) is 64.7 Å². The van der Waals surface area contributed by atoms with Gasteiger partial charge in [-0.05, 0) is 38.5 Å². The van der Waals surface area contributed by atoms with Crippen molar-refractivity contribution in [2.75, 3.05) is 0 Å². The molecule has 0 aliphatic heterocycles. The molecule has 0 bridgehead atoms. The van der Waals surface area contributed by atoms with E-state index in [0.717, 1.165) is 38.5 Å². The zero-order valence-electron chi connectivity index (χ0n) is 13.2. The third-order valence-corrected chi connectivity index (χ3v) is 3.12. The fourth-order valence-corrected chi connectivity index (χ4v) is 1.91. The first-order valence-electron chi connectivity index (χ1n) is 8.01. The highest BCUT2D eigenvalue weighted by molar-refractivity contribution is 5.66. The van der Waals surface area contributed by atoms with Crippen LogP contribution in [0.15, 0.2) is 36.5 Å². The van der Waals surface area contributed by atoms with Crippen LogP contribution in [0.2, 0.25) is 0 Å². The summed E-state index contributed by atoms with van der Waals surface area (Å²) >= 11 is 0. The van der Waals surface area contributed by atoms with Crippen LogP contribution in [0.4, 0.5) is 0 Å². The number of rotatable bonds is 13. The van der Waals surface area contributed by atoms with Gasteiger partial charge in [0.15, 0.2) is 0 Å². The average Bonchev–Trinajstić information content (AvgIpc) is 2.45. The molecule has 0 aliphatic carbocycles. The number of carboxylic acids is 1. The lowest BCUT2D eigenvalue weighted by atomic mass is 10.1. The molecule has 0 spiro atoms. The van der Waals surface area contributed by atoms with Crippen molar-refractivity contribution in [1.29, 1.82) is 0 Å². The van der Waals surface area contributed by atoms with E-state index in [9.17, 15) is 9.90 Å². The van der Waals surface area contributed by atoms with Crippen LogP contribution in [-0.2, 0) is 4.79 Å². The molecule has 0 radical (unpaired) electrons. The van der Waals surface area contributed by atoms with Crippen LogP contribution in [0, 0.1) is 0 Å². The smallest absolute Gasteiger partial charge is 0.303 e. The van der Waals surface area contributed by atoms with Crippen molar-refractivity contribution in [3.8, 4) is 0 Å². The van der Waals surface area contributed by atoms with E-state index in [1.54, 1.807) is 0 Å². The molecule has 0 aromatic rings. The van der Waals surface area contributed by atoms with E-state index in [1.165, 1.54) is 0 Å². The van der Waals surface area contributed by atoms with Gasteiger partial charge in [-0.3, -0.25) is 4.79 Å². The van der Waals surface area contributed by atoms with Gasteiger partial charge in [-0.1, -0.05) is 56.2 Å². The van der Waals surface area contributed by atoms with Crippen molar-refractivity contribution in [3.63, 3.8) is 0 Å². The summed E-state index contributed by atoms with van der Waals surface area (Å²) < 4.78 is 0. The molecule has 0 fully saturated rings. The normalized spacial score (nSPS) is 13.6. The molecule has 0 saturated carbocycles. The molecule has 0 heterocycles. The van der Waals surface area contributed by atoms with Gasteiger partial charge >= 0.3 is 5.97 Å². The second kappa shape index (κ2) is 15.0. The molecule has 0 aromatic heterocycles. The number of carboxylic acid groups (broad SMARTS) is 1. The molecule has 2 N–H and O–H groups in total. The molecular weight excluding hydrogens is 264 g/mol. The highest BCUT2D eigenvalue weighted by Gasteiger charge is 2.02. The van der Waals surface area contributed by atoms with E-state index in [1.807, 2.05) is 6.08 Å². The lowest BCUT2D eigenvalue weighted by Crippen LogP contribution is -2.04. The number of hydrogen-bond donors (Lipinski definition) is 2. The fourth-order valence-electron chi connectivity index (χ4n) is 1.91. The molecule has 0 amide bonds. The molecule has 1 atom stereocenters. The molecule has 21 heavy (non-hydrogen) atoms. The largest absolute Gasteiger partial charge is 0.481 e. The topological polar surface area (TPSA) is 57.5 Å². The van der Waals surface area contributed by atoms with Gasteiger partial charge in [-0.25, -0.2) is 0 Å². The Morgan fingerprint density at radius 3 is 2.19 bits per heavy atom. The van der Waals surface area contributed by atoms with Crippen LogP contribution in [0.25, 0.3) is 0 Å². The Hall–Kier alpha value is -1.35. The van der Waals surface area contributed by atoms with Crippen molar-refractivity contribution < 1.29 is 15.0 Å². The van der Waals surface area contributed by atoms with Crippen LogP contribution in [0.5, 0.6) is 0 Å².